The van der Waals surface area contributed by atoms with Gasteiger partial charge < -0.3 is 17.6 Å². The van der Waals surface area contributed by atoms with Crippen LogP contribution in [0.5, 0.6) is 0 Å². The van der Waals surface area contributed by atoms with E-state index in [2.05, 4.69) is 11.8 Å². The van der Waals surface area contributed by atoms with Gasteiger partial charge in [0.1, 0.15) is 5.57 Å². The van der Waals surface area contributed by atoms with E-state index in [0.29, 0.717) is 39.2 Å². The molecule has 0 saturated carbocycles. The summed E-state index contributed by atoms with van der Waals surface area (Å²) in [4.78, 5) is 0. The first kappa shape index (κ1) is 26.8. The monoisotopic (exact) mass is 548 g/mol. The van der Waals surface area contributed by atoms with Crippen molar-refractivity contribution in [3.63, 3.8) is 0 Å². The van der Waals surface area contributed by atoms with Gasteiger partial charge in [-0.3, -0.25) is 0 Å². The van der Waals surface area contributed by atoms with Crippen LogP contribution >= 0.6 is 0 Å². The first-order valence-corrected chi connectivity index (χ1v) is 13.7. The predicted octanol–water partition coefficient (Wildman–Crippen LogP) is 8.07. The van der Waals surface area contributed by atoms with Gasteiger partial charge in [0.05, 0.1) is 5.57 Å². The summed E-state index contributed by atoms with van der Waals surface area (Å²) in [6, 6.07) is 28.7. The van der Waals surface area contributed by atoms with Crippen LogP contribution in [-0.4, -0.2) is 21.6 Å². The van der Waals surface area contributed by atoms with Gasteiger partial charge in [-0.1, -0.05) is 109 Å². The summed E-state index contributed by atoms with van der Waals surface area (Å²) >= 11 is 0. The molecule has 0 spiro atoms. The minimum absolute atomic E-state index is 0.282. The van der Waals surface area contributed by atoms with Crippen LogP contribution < -0.4 is 0 Å². The molecule has 3 aromatic carbocycles. The van der Waals surface area contributed by atoms with Crippen molar-refractivity contribution in [3.8, 4) is 24.7 Å². The average Bonchev–Trinajstić information content (AvgIpc) is 3.47. The van der Waals surface area contributed by atoms with Gasteiger partial charge >= 0.3 is 6.97 Å². The summed E-state index contributed by atoms with van der Waals surface area (Å²) in [7, 11) is 0. The Kier molecular flexibility index (Phi) is 6.73. The van der Waals surface area contributed by atoms with Crippen molar-refractivity contribution in [3.05, 3.63) is 153 Å². The molecule has 1 aromatic heterocycles. The Balaban J connectivity index is 1.72. The number of allylic oxidation sites excluding steroid dienone is 3. The molecule has 0 radical (unpaired) electrons. The van der Waals surface area contributed by atoms with Crippen molar-refractivity contribution in [1.29, 1.82) is 0 Å². The molecule has 6 rings (SSSR count). The fourth-order valence-corrected chi connectivity index (χ4v) is 6.00. The van der Waals surface area contributed by atoms with Crippen molar-refractivity contribution < 1.29 is 13.1 Å². The number of aromatic nitrogens is 1. The molecule has 5 heteroatoms. The molecular weight excluding hydrogens is 521 g/mol. The Bertz CT molecular complexity index is 1960. The molecule has 42 heavy (non-hydrogen) atoms. The topological polar surface area (TPSA) is 7.94 Å². The van der Waals surface area contributed by atoms with Crippen molar-refractivity contribution in [1.82, 2.24) is 4.48 Å². The van der Waals surface area contributed by atoms with Crippen LogP contribution in [0.15, 0.2) is 114 Å². The van der Waals surface area contributed by atoms with Crippen LogP contribution in [0.1, 0.15) is 46.1 Å². The van der Waals surface area contributed by atoms with Crippen molar-refractivity contribution in [2.24, 2.45) is 0 Å². The molecule has 2 nitrogen and oxygen atoms in total. The molecule has 0 amide bonds. The lowest BCUT2D eigenvalue weighted by Gasteiger charge is -2.34. The Morgan fingerprint density at radius 3 is 1.83 bits per heavy atom. The number of halogens is 2. The standard InChI is InChI=1S/C37H27BF2N2/c1-5-31-26(3)36-35(30-20-14-9-15-21-30)37-27(4)32(6-2)34(25-23-29-18-12-8-13-19-29)42(37)38(39,40)41(36)33(31)24-22-28-16-10-7-11-17-28/h1-2,7-25H,3-4H3/b24-22+,25-23+. The maximum atomic E-state index is 17.3. The normalized spacial score (nSPS) is 15.8. The highest BCUT2D eigenvalue weighted by molar-refractivity contribution is 6.59. The van der Waals surface area contributed by atoms with E-state index in [0.717, 1.165) is 25.7 Å². The van der Waals surface area contributed by atoms with Crippen molar-refractivity contribution in [2.45, 2.75) is 13.8 Å². The molecule has 3 heterocycles. The Morgan fingerprint density at radius 2 is 1.29 bits per heavy atom. The molecule has 0 saturated heterocycles. The number of rotatable bonds is 5. The Morgan fingerprint density at radius 1 is 0.738 bits per heavy atom. The summed E-state index contributed by atoms with van der Waals surface area (Å²) in [5.74, 6) is 5.44. The van der Waals surface area contributed by atoms with Crippen LogP contribution in [-0.2, 0) is 0 Å². The molecule has 202 valence electrons. The molecule has 4 aromatic rings. The van der Waals surface area contributed by atoms with Crippen LogP contribution in [0, 0.1) is 31.6 Å². The molecule has 0 atom stereocenters. The second-order valence-corrected chi connectivity index (χ2v) is 10.3. The number of benzene rings is 3. The van der Waals surface area contributed by atoms with E-state index in [1.54, 1.807) is 12.2 Å². The van der Waals surface area contributed by atoms with E-state index in [9.17, 15) is 0 Å². The average molecular weight is 548 g/mol. The Hall–Kier alpha value is -5.39. The van der Waals surface area contributed by atoms with Gasteiger partial charge in [0.25, 0.3) is 0 Å². The van der Waals surface area contributed by atoms with E-state index >= 15 is 8.63 Å². The van der Waals surface area contributed by atoms with Crippen molar-refractivity contribution >= 4 is 36.5 Å². The zero-order chi connectivity index (χ0) is 29.4. The van der Waals surface area contributed by atoms with Gasteiger partial charge in [0, 0.05) is 28.6 Å². The molecule has 0 fully saturated rings. The summed E-state index contributed by atoms with van der Waals surface area (Å²) < 4.78 is 36.8. The quantitative estimate of drug-likeness (QED) is 0.176. The zero-order valence-electron chi connectivity index (χ0n) is 23.4. The van der Waals surface area contributed by atoms with Crippen LogP contribution in [0.4, 0.5) is 8.63 Å². The third-order valence-corrected chi connectivity index (χ3v) is 7.89. The van der Waals surface area contributed by atoms with Crippen LogP contribution in [0.3, 0.4) is 0 Å². The molecule has 0 bridgehead atoms. The first-order chi connectivity index (χ1) is 20.4. The lowest BCUT2D eigenvalue weighted by Crippen LogP contribution is -2.51. The minimum atomic E-state index is -4.42. The molecule has 2 aliphatic heterocycles. The maximum Gasteiger partial charge on any atom is 0.738 e. The third kappa shape index (κ3) is 4.19. The van der Waals surface area contributed by atoms with Crippen LogP contribution in [0.25, 0.3) is 23.8 Å². The summed E-state index contributed by atoms with van der Waals surface area (Å²) in [5, 5.41) is 0. The largest absolute Gasteiger partial charge is 0.738 e. The molecule has 2 aliphatic rings. The SMILES string of the molecule is C#CC1=C(C)C2=C(c3ccccc3)c3c(C)c(C#C)c(/C=C/c4ccccc4)n3[B-](F)(F)[N+]2=C1/C=C/c1ccccc1. The molecule has 0 unspecified atom stereocenters. The number of fused-ring (bicyclic) bond motifs is 2. The van der Waals surface area contributed by atoms with Crippen molar-refractivity contribution in [2.75, 3.05) is 0 Å². The lowest BCUT2D eigenvalue weighted by atomic mass is 9.83. The highest BCUT2D eigenvalue weighted by Crippen LogP contribution is 2.47. The molecule has 0 N–H and O–H groups in total. The van der Waals surface area contributed by atoms with Gasteiger partial charge in [-0.2, -0.15) is 0 Å². The molecular formula is C37H27BF2N2. The lowest BCUT2D eigenvalue weighted by molar-refractivity contribution is -0.362. The van der Waals surface area contributed by atoms with E-state index in [1.807, 2.05) is 117 Å². The highest BCUT2D eigenvalue weighted by Gasteiger charge is 2.57. The summed E-state index contributed by atoms with van der Waals surface area (Å²) in [6.07, 6.45) is 19.1. The number of nitrogens with zero attached hydrogens (tertiary/aromatic N) is 2. The van der Waals surface area contributed by atoms with Crippen LogP contribution in [0.2, 0.25) is 0 Å². The number of hydrogen-bond donors (Lipinski definition) is 0. The summed E-state index contributed by atoms with van der Waals surface area (Å²) in [6.45, 7) is -0.778. The third-order valence-electron chi connectivity index (χ3n) is 7.89. The fourth-order valence-electron chi connectivity index (χ4n) is 6.00. The van der Waals surface area contributed by atoms with E-state index < -0.39 is 6.97 Å². The summed E-state index contributed by atoms with van der Waals surface area (Å²) in [5.41, 5.74) is 6.74. The number of hydrogen-bond acceptors (Lipinski definition) is 0. The fraction of sp³-hybridized carbons (Fsp3) is 0.0541. The second-order valence-electron chi connectivity index (χ2n) is 10.3. The van der Waals surface area contributed by atoms with Gasteiger partial charge in [0.2, 0.25) is 0 Å². The first-order valence-electron chi connectivity index (χ1n) is 13.7. The second kappa shape index (κ2) is 10.5. The van der Waals surface area contributed by atoms with E-state index in [4.69, 9.17) is 12.8 Å². The Labute approximate surface area is 245 Å². The van der Waals surface area contributed by atoms with E-state index in [1.165, 1.54) is 0 Å². The maximum absolute atomic E-state index is 17.3. The van der Waals surface area contributed by atoms with Gasteiger partial charge in [-0.15, -0.1) is 12.8 Å². The number of terminal acetylenes is 2. The highest BCUT2D eigenvalue weighted by atomic mass is 19.2. The van der Waals surface area contributed by atoms with Gasteiger partial charge in [-0.05, 0) is 48.3 Å². The minimum Gasteiger partial charge on any atom is -0.389 e. The van der Waals surface area contributed by atoms with Gasteiger partial charge in [-0.25, -0.2) is 0 Å². The predicted molar refractivity (Wildman–Crippen MR) is 171 cm³/mol. The van der Waals surface area contributed by atoms with E-state index in [-0.39, 0.29) is 11.4 Å². The smallest absolute Gasteiger partial charge is 0.389 e. The molecule has 0 aliphatic carbocycles. The zero-order valence-corrected chi connectivity index (χ0v) is 23.4. The van der Waals surface area contributed by atoms with Gasteiger partial charge in [0.15, 0.2) is 11.4 Å².